The molecule has 1 N–H and O–H groups in total. The number of amides is 1. The Morgan fingerprint density at radius 2 is 2.00 bits per heavy atom. The largest absolute Gasteiger partial charge is 0.342 e. The Kier molecular flexibility index (Phi) is 8.79. The first kappa shape index (κ1) is 13.9. The molecule has 0 bridgehead atoms. The molecular weight excluding hydrogens is 190 g/mol. The van der Waals surface area contributed by atoms with Crippen molar-refractivity contribution < 1.29 is 4.79 Å². The summed E-state index contributed by atoms with van der Waals surface area (Å²) < 4.78 is 0. The number of hydrogen-bond acceptors (Lipinski definition) is 3. The summed E-state index contributed by atoms with van der Waals surface area (Å²) in [5.41, 5.74) is 0. The molecule has 0 aromatic heterocycles. The third-order valence-corrected chi connectivity index (χ3v) is 2.28. The van der Waals surface area contributed by atoms with Gasteiger partial charge in [-0.15, -0.1) is 0 Å². The van der Waals surface area contributed by atoms with Crippen molar-refractivity contribution >= 4 is 5.91 Å². The molecule has 4 heteroatoms. The van der Waals surface area contributed by atoms with E-state index in [0.29, 0.717) is 13.0 Å². The van der Waals surface area contributed by atoms with Crippen molar-refractivity contribution in [3.05, 3.63) is 0 Å². The van der Waals surface area contributed by atoms with Crippen LogP contribution < -0.4 is 5.32 Å². The molecular formula is C11H21N3O. The van der Waals surface area contributed by atoms with Gasteiger partial charge in [0, 0.05) is 19.5 Å². The van der Waals surface area contributed by atoms with Crippen molar-refractivity contribution in [3.8, 4) is 6.07 Å². The van der Waals surface area contributed by atoms with E-state index in [0.717, 1.165) is 32.5 Å². The summed E-state index contributed by atoms with van der Waals surface area (Å²) in [4.78, 5) is 13.3. The molecule has 0 spiro atoms. The summed E-state index contributed by atoms with van der Waals surface area (Å²) in [5.74, 6) is 0.153. The van der Waals surface area contributed by atoms with Crippen molar-refractivity contribution in [2.75, 3.05) is 26.2 Å². The number of carbonyl (C=O) groups is 1. The Morgan fingerprint density at radius 3 is 2.53 bits per heavy atom. The highest BCUT2D eigenvalue weighted by Crippen LogP contribution is 1.92. The predicted octanol–water partition coefficient (Wildman–Crippen LogP) is 1.14. The van der Waals surface area contributed by atoms with Crippen molar-refractivity contribution in [1.82, 2.24) is 10.2 Å². The lowest BCUT2D eigenvalue weighted by atomic mass is 10.2. The summed E-state index contributed by atoms with van der Waals surface area (Å²) in [5, 5.41) is 11.4. The molecule has 0 atom stereocenters. The van der Waals surface area contributed by atoms with E-state index >= 15 is 0 Å². The second-order valence-corrected chi connectivity index (χ2v) is 3.36. The maximum Gasteiger partial charge on any atom is 0.236 e. The number of rotatable bonds is 8. The number of likely N-dealkylation sites (N-methyl/N-ethyl adjacent to an activating group) is 1. The van der Waals surface area contributed by atoms with Crippen LogP contribution in [0.1, 0.15) is 33.1 Å². The standard InChI is InChI=1S/C11H21N3O/c1-3-14(4-2)11(15)10-13-9-7-5-6-8-12/h13H,3-7,9-10H2,1-2H3. The molecule has 0 aliphatic rings. The SMILES string of the molecule is CCN(CC)C(=O)CNCCCCC#N. The zero-order valence-corrected chi connectivity index (χ0v) is 9.75. The molecule has 0 aromatic rings. The minimum atomic E-state index is 0.153. The lowest BCUT2D eigenvalue weighted by Gasteiger charge is -2.18. The van der Waals surface area contributed by atoms with Gasteiger partial charge in [-0.25, -0.2) is 0 Å². The average molecular weight is 211 g/mol. The average Bonchev–Trinajstić information content (AvgIpc) is 2.25. The Morgan fingerprint density at radius 1 is 1.33 bits per heavy atom. The number of unbranched alkanes of at least 4 members (excludes halogenated alkanes) is 2. The fraction of sp³-hybridized carbons (Fsp3) is 0.818. The van der Waals surface area contributed by atoms with Crippen LogP contribution in [0.4, 0.5) is 0 Å². The first-order valence-corrected chi connectivity index (χ1v) is 5.61. The van der Waals surface area contributed by atoms with Crippen LogP contribution in [0.3, 0.4) is 0 Å². The second kappa shape index (κ2) is 9.47. The van der Waals surface area contributed by atoms with Gasteiger partial charge in [-0.05, 0) is 33.2 Å². The van der Waals surface area contributed by atoms with Crippen molar-refractivity contribution in [2.24, 2.45) is 0 Å². The van der Waals surface area contributed by atoms with Gasteiger partial charge in [0.1, 0.15) is 0 Å². The molecule has 1 amide bonds. The highest BCUT2D eigenvalue weighted by molar-refractivity contribution is 5.78. The number of hydrogen-bond donors (Lipinski definition) is 1. The van der Waals surface area contributed by atoms with E-state index in [4.69, 9.17) is 5.26 Å². The van der Waals surface area contributed by atoms with Gasteiger partial charge in [-0.1, -0.05) is 0 Å². The van der Waals surface area contributed by atoms with Crippen LogP contribution in [0.15, 0.2) is 0 Å². The number of carbonyl (C=O) groups excluding carboxylic acids is 1. The van der Waals surface area contributed by atoms with Gasteiger partial charge < -0.3 is 10.2 Å². The lowest BCUT2D eigenvalue weighted by molar-refractivity contribution is -0.129. The molecule has 15 heavy (non-hydrogen) atoms. The number of nitriles is 1. The number of nitrogens with one attached hydrogen (secondary N) is 1. The topological polar surface area (TPSA) is 56.1 Å². The lowest BCUT2D eigenvalue weighted by Crippen LogP contribution is -2.38. The summed E-state index contributed by atoms with van der Waals surface area (Å²) >= 11 is 0. The van der Waals surface area contributed by atoms with Crippen LogP contribution in [-0.4, -0.2) is 37.0 Å². The maximum atomic E-state index is 11.5. The molecule has 0 radical (unpaired) electrons. The minimum Gasteiger partial charge on any atom is -0.342 e. The van der Waals surface area contributed by atoms with Gasteiger partial charge in [0.25, 0.3) is 0 Å². The van der Waals surface area contributed by atoms with Crippen LogP contribution >= 0.6 is 0 Å². The van der Waals surface area contributed by atoms with E-state index in [1.807, 2.05) is 18.7 Å². The quantitative estimate of drug-likeness (QED) is 0.612. The monoisotopic (exact) mass is 211 g/mol. The highest BCUT2D eigenvalue weighted by Gasteiger charge is 2.07. The highest BCUT2D eigenvalue weighted by atomic mass is 16.2. The Hall–Kier alpha value is -1.08. The second-order valence-electron chi connectivity index (χ2n) is 3.36. The van der Waals surface area contributed by atoms with Gasteiger partial charge in [-0.2, -0.15) is 5.26 Å². The van der Waals surface area contributed by atoms with E-state index < -0.39 is 0 Å². The minimum absolute atomic E-state index is 0.153. The summed E-state index contributed by atoms with van der Waals surface area (Å²) in [6, 6.07) is 2.10. The molecule has 0 aliphatic heterocycles. The third-order valence-electron chi connectivity index (χ3n) is 2.28. The van der Waals surface area contributed by atoms with Gasteiger partial charge in [-0.3, -0.25) is 4.79 Å². The molecule has 0 rings (SSSR count). The molecule has 0 heterocycles. The molecule has 86 valence electrons. The van der Waals surface area contributed by atoms with Crippen molar-refractivity contribution in [1.29, 1.82) is 5.26 Å². The molecule has 0 aromatic carbocycles. The normalized spacial score (nSPS) is 9.67. The van der Waals surface area contributed by atoms with E-state index in [9.17, 15) is 4.79 Å². The fourth-order valence-corrected chi connectivity index (χ4v) is 1.34. The fourth-order valence-electron chi connectivity index (χ4n) is 1.34. The van der Waals surface area contributed by atoms with Crippen LogP contribution in [0, 0.1) is 11.3 Å². The third kappa shape index (κ3) is 6.92. The molecule has 0 fully saturated rings. The van der Waals surface area contributed by atoms with Crippen LogP contribution in [0.25, 0.3) is 0 Å². The van der Waals surface area contributed by atoms with E-state index in [1.165, 1.54) is 0 Å². The van der Waals surface area contributed by atoms with E-state index in [2.05, 4.69) is 11.4 Å². The first-order chi connectivity index (χ1) is 7.26. The molecule has 4 nitrogen and oxygen atoms in total. The van der Waals surface area contributed by atoms with Crippen LogP contribution in [0.5, 0.6) is 0 Å². The smallest absolute Gasteiger partial charge is 0.236 e. The van der Waals surface area contributed by atoms with Gasteiger partial charge >= 0.3 is 0 Å². The van der Waals surface area contributed by atoms with Gasteiger partial charge in [0.2, 0.25) is 5.91 Å². The van der Waals surface area contributed by atoms with Crippen LogP contribution in [0.2, 0.25) is 0 Å². The first-order valence-electron chi connectivity index (χ1n) is 5.61. The Bertz CT molecular complexity index is 206. The van der Waals surface area contributed by atoms with E-state index in [1.54, 1.807) is 0 Å². The molecule has 0 aliphatic carbocycles. The summed E-state index contributed by atoms with van der Waals surface area (Å²) in [6.07, 6.45) is 2.47. The van der Waals surface area contributed by atoms with Crippen LogP contribution in [-0.2, 0) is 4.79 Å². The molecule has 0 unspecified atom stereocenters. The van der Waals surface area contributed by atoms with Gasteiger partial charge in [0.05, 0.1) is 12.6 Å². The van der Waals surface area contributed by atoms with Gasteiger partial charge in [0.15, 0.2) is 0 Å². The van der Waals surface area contributed by atoms with Crippen molar-refractivity contribution in [3.63, 3.8) is 0 Å². The Balaban J connectivity index is 3.43. The molecule has 0 saturated carbocycles. The summed E-state index contributed by atoms with van der Waals surface area (Å²) in [6.45, 7) is 6.72. The maximum absolute atomic E-state index is 11.5. The zero-order valence-electron chi connectivity index (χ0n) is 9.75. The number of nitrogens with zero attached hydrogens (tertiary/aromatic N) is 2. The van der Waals surface area contributed by atoms with E-state index in [-0.39, 0.29) is 5.91 Å². The predicted molar refractivity (Wildman–Crippen MR) is 60.3 cm³/mol. The molecule has 0 saturated heterocycles. The summed E-state index contributed by atoms with van der Waals surface area (Å²) in [7, 11) is 0. The van der Waals surface area contributed by atoms with Crippen molar-refractivity contribution in [2.45, 2.75) is 33.1 Å². The zero-order chi connectivity index (χ0) is 11.5. The Labute approximate surface area is 92.3 Å².